The van der Waals surface area contributed by atoms with Crippen LogP contribution in [0.15, 0.2) is 12.2 Å². The summed E-state index contributed by atoms with van der Waals surface area (Å²) in [5.41, 5.74) is -3.94. The van der Waals surface area contributed by atoms with Crippen molar-refractivity contribution in [3.8, 4) is 0 Å². The van der Waals surface area contributed by atoms with E-state index in [1.807, 2.05) is 0 Å². The lowest BCUT2D eigenvalue weighted by molar-refractivity contribution is -0.154. The molecule has 1 aliphatic heterocycles. The molecule has 0 saturated carbocycles. The molecule has 0 aromatic heterocycles. The second-order valence-electron chi connectivity index (χ2n) is 4.98. The molecule has 0 amide bonds. The van der Waals surface area contributed by atoms with Crippen LogP contribution in [0.3, 0.4) is 0 Å². The van der Waals surface area contributed by atoms with Crippen LogP contribution in [0.25, 0.3) is 0 Å². The van der Waals surface area contributed by atoms with Crippen LogP contribution in [0.5, 0.6) is 0 Å². The molecule has 22 heavy (non-hydrogen) atoms. The van der Waals surface area contributed by atoms with E-state index >= 15 is 0 Å². The molecule has 1 saturated heterocycles. The van der Waals surface area contributed by atoms with E-state index in [0.717, 1.165) is 6.08 Å². The minimum absolute atomic E-state index is 0.134. The van der Waals surface area contributed by atoms with Crippen LogP contribution < -0.4 is 0 Å². The second-order valence-corrected chi connectivity index (χ2v) is 7.09. The predicted octanol–water partition coefficient (Wildman–Crippen LogP) is 2.74. The number of ether oxygens (including phenoxy) is 1. The summed E-state index contributed by atoms with van der Waals surface area (Å²) in [6, 6.07) is 0. The minimum atomic E-state index is -4.79. The number of cyclic esters (lactones) is 2. The summed E-state index contributed by atoms with van der Waals surface area (Å²) in [6.07, 6.45) is 2.59. The number of esters is 2. The van der Waals surface area contributed by atoms with Crippen molar-refractivity contribution in [2.45, 2.75) is 25.9 Å². The molecule has 1 fully saturated rings. The quantitative estimate of drug-likeness (QED) is 0.321. The average Bonchev–Trinajstić information content (AvgIpc) is 2.74. The Morgan fingerprint density at radius 2 is 1.86 bits per heavy atom. The SMILES string of the molecule is CCOP(=O)(OCC)C(F)(F)[C@H]1C=CC[C@H]2C(=O)OC(=O)[C@H]21. The van der Waals surface area contributed by atoms with E-state index in [1.165, 1.54) is 19.9 Å². The Bertz CT molecular complexity index is 537. The van der Waals surface area contributed by atoms with Gasteiger partial charge in [0.1, 0.15) is 0 Å². The summed E-state index contributed by atoms with van der Waals surface area (Å²) in [5, 5.41) is 0. The zero-order chi connectivity index (χ0) is 16.5. The van der Waals surface area contributed by atoms with Gasteiger partial charge in [0, 0.05) is 0 Å². The van der Waals surface area contributed by atoms with Gasteiger partial charge < -0.3 is 13.8 Å². The number of hydrogen-bond acceptors (Lipinski definition) is 6. The zero-order valence-corrected chi connectivity index (χ0v) is 13.1. The highest BCUT2D eigenvalue weighted by molar-refractivity contribution is 7.55. The fourth-order valence-electron chi connectivity index (χ4n) is 2.75. The first-order valence-electron chi connectivity index (χ1n) is 6.97. The summed E-state index contributed by atoms with van der Waals surface area (Å²) in [4.78, 5) is 23.3. The van der Waals surface area contributed by atoms with Crippen molar-refractivity contribution in [2.24, 2.45) is 17.8 Å². The van der Waals surface area contributed by atoms with Gasteiger partial charge in [-0.1, -0.05) is 12.2 Å². The van der Waals surface area contributed by atoms with Gasteiger partial charge >= 0.3 is 25.2 Å². The second kappa shape index (κ2) is 6.18. The molecule has 1 aliphatic carbocycles. The molecule has 0 aromatic rings. The first-order valence-corrected chi connectivity index (χ1v) is 8.52. The van der Waals surface area contributed by atoms with Crippen molar-refractivity contribution in [3.05, 3.63) is 12.2 Å². The lowest BCUT2D eigenvalue weighted by Gasteiger charge is -2.34. The summed E-state index contributed by atoms with van der Waals surface area (Å²) >= 11 is 0. The number of hydrogen-bond donors (Lipinski definition) is 0. The van der Waals surface area contributed by atoms with Crippen LogP contribution in [0.4, 0.5) is 8.78 Å². The third-order valence-electron chi connectivity index (χ3n) is 3.69. The van der Waals surface area contributed by atoms with Gasteiger partial charge in [0.25, 0.3) is 0 Å². The van der Waals surface area contributed by atoms with E-state index in [1.54, 1.807) is 0 Å². The summed E-state index contributed by atoms with van der Waals surface area (Å²) in [5.74, 6) is -5.98. The lowest BCUT2D eigenvalue weighted by atomic mass is 9.77. The Morgan fingerprint density at radius 1 is 1.27 bits per heavy atom. The number of carbonyl (C=O) groups is 2. The van der Waals surface area contributed by atoms with Crippen LogP contribution in [-0.2, 0) is 27.9 Å². The maximum absolute atomic E-state index is 14.8. The summed E-state index contributed by atoms with van der Waals surface area (Å²) in [6.45, 7) is 2.35. The lowest BCUT2D eigenvalue weighted by Crippen LogP contribution is -2.40. The molecule has 2 rings (SSSR count). The minimum Gasteiger partial charge on any atom is -0.393 e. The molecule has 124 valence electrons. The van der Waals surface area contributed by atoms with Gasteiger partial charge in [0.15, 0.2) is 0 Å². The molecule has 0 N–H and O–H groups in total. The zero-order valence-electron chi connectivity index (χ0n) is 12.2. The number of carbonyl (C=O) groups excluding carboxylic acids is 2. The largest absolute Gasteiger partial charge is 0.400 e. The first kappa shape index (κ1) is 17.2. The van der Waals surface area contributed by atoms with Gasteiger partial charge in [-0.15, -0.1) is 0 Å². The topological polar surface area (TPSA) is 78.9 Å². The monoisotopic (exact) mass is 338 g/mol. The van der Waals surface area contributed by atoms with Gasteiger partial charge in [0.05, 0.1) is 31.0 Å². The molecule has 3 atom stereocenters. The maximum atomic E-state index is 14.8. The van der Waals surface area contributed by atoms with E-state index in [0.29, 0.717) is 0 Å². The van der Waals surface area contributed by atoms with E-state index in [-0.39, 0.29) is 19.6 Å². The Labute approximate surface area is 126 Å². The van der Waals surface area contributed by atoms with E-state index in [2.05, 4.69) is 4.74 Å². The fourth-order valence-corrected chi connectivity index (χ4v) is 4.46. The molecule has 0 aromatic carbocycles. The molecule has 0 unspecified atom stereocenters. The van der Waals surface area contributed by atoms with Gasteiger partial charge in [-0.3, -0.25) is 14.2 Å². The molecule has 9 heteroatoms. The Hall–Kier alpha value is -1.11. The van der Waals surface area contributed by atoms with E-state index in [9.17, 15) is 22.9 Å². The predicted molar refractivity (Wildman–Crippen MR) is 71.1 cm³/mol. The van der Waals surface area contributed by atoms with Crippen LogP contribution in [0.2, 0.25) is 0 Å². The fraction of sp³-hybridized carbons (Fsp3) is 0.692. The van der Waals surface area contributed by atoms with E-state index < -0.39 is 43.0 Å². The number of fused-ring (bicyclic) bond motifs is 1. The highest BCUT2D eigenvalue weighted by Crippen LogP contribution is 2.67. The average molecular weight is 338 g/mol. The highest BCUT2D eigenvalue weighted by atomic mass is 31.2. The molecule has 6 nitrogen and oxygen atoms in total. The molecule has 0 bridgehead atoms. The molecule has 1 heterocycles. The smallest absolute Gasteiger partial charge is 0.393 e. The highest BCUT2D eigenvalue weighted by Gasteiger charge is 2.65. The normalized spacial score (nSPS) is 28.6. The van der Waals surface area contributed by atoms with Crippen LogP contribution in [-0.4, -0.2) is 30.8 Å². The molecule has 2 aliphatic rings. The number of allylic oxidation sites excluding steroid dienone is 2. The van der Waals surface area contributed by atoms with Crippen molar-refractivity contribution in [1.82, 2.24) is 0 Å². The van der Waals surface area contributed by atoms with Gasteiger partial charge in [-0.2, -0.15) is 8.78 Å². The third kappa shape index (κ3) is 2.64. The summed E-state index contributed by atoms with van der Waals surface area (Å²) < 4.78 is 55.9. The Kier molecular flexibility index (Phi) is 4.84. The maximum Gasteiger partial charge on any atom is 0.400 e. The van der Waals surface area contributed by atoms with Crippen molar-refractivity contribution >= 4 is 19.5 Å². The van der Waals surface area contributed by atoms with Crippen LogP contribution in [0, 0.1) is 17.8 Å². The van der Waals surface area contributed by atoms with Crippen molar-refractivity contribution < 1.29 is 36.7 Å². The van der Waals surface area contributed by atoms with Gasteiger partial charge in [-0.25, -0.2) is 0 Å². The standard InChI is InChI=1S/C13H17F2O6P/c1-3-19-22(18,20-4-2)13(14,15)9-7-5-6-8-10(9)12(17)21-11(8)16/h5,7-10H,3-4,6H2,1-2H3/t8-,9+,10-/m1/s1. The van der Waals surface area contributed by atoms with Crippen molar-refractivity contribution in [3.63, 3.8) is 0 Å². The number of halogens is 2. The van der Waals surface area contributed by atoms with Gasteiger partial charge in [-0.05, 0) is 20.3 Å². The number of rotatable bonds is 6. The molecule has 0 spiro atoms. The third-order valence-corrected chi connectivity index (χ3v) is 5.92. The first-order chi connectivity index (χ1) is 10.3. The molecular weight excluding hydrogens is 321 g/mol. The molecule has 0 radical (unpaired) electrons. The van der Waals surface area contributed by atoms with Crippen molar-refractivity contribution in [1.29, 1.82) is 0 Å². The Balaban J connectivity index is 2.40. The number of alkyl halides is 2. The van der Waals surface area contributed by atoms with Crippen LogP contribution >= 0.6 is 7.60 Å². The van der Waals surface area contributed by atoms with Crippen molar-refractivity contribution in [2.75, 3.05) is 13.2 Å². The molecular formula is C13H17F2O6P. The van der Waals surface area contributed by atoms with Crippen LogP contribution in [0.1, 0.15) is 20.3 Å². The van der Waals surface area contributed by atoms with Gasteiger partial charge in [0.2, 0.25) is 0 Å². The van der Waals surface area contributed by atoms with E-state index in [4.69, 9.17) is 9.05 Å². The summed E-state index contributed by atoms with van der Waals surface area (Å²) in [7, 11) is -4.79. The Morgan fingerprint density at radius 3 is 2.41 bits per heavy atom.